The van der Waals surface area contributed by atoms with E-state index in [1.165, 1.54) is 0 Å². The molecule has 2 heterocycles. The average Bonchev–Trinajstić information content (AvgIpc) is 2.93. The summed E-state index contributed by atoms with van der Waals surface area (Å²) in [5, 5.41) is 12.9. The van der Waals surface area contributed by atoms with E-state index in [-0.39, 0.29) is 0 Å². The van der Waals surface area contributed by atoms with Crippen LogP contribution in [0.3, 0.4) is 0 Å². The normalized spacial score (nSPS) is 11.2. The largest absolute Gasteiger partial charge is 0.496 e. The van der Waals surface area contributed by atoms with E-state index in [9.17, 15) is 0 Å². The van der Waals surface area contributed by atoms with Crippen molar-refractivity contribution in [1.82, 2.24) is 19.7 Å². The molecule has 0 saturated heterocycles. The van der Waals surface area contributed by atoms with E-state index in [2.05, 4.69) is 25.3 Å². The van der Waals surface area contributed by atoms with Crippen molar-refractivity contribution in [2.45, 2.75) is 27.3 Å². The molecule has 0 unspecified atom stereocenters. The highest BCUT2D eigenvalue weighted by molar-refractivity contribution is 5.34. The molecule has 3 aromatic rings. The van der Waals surface area contributed by atoms with Gasteiger partial charge in [-0.15, -0.1) is 5.11 Å². The van der Waals surface area contributed by atoms with Gasteiger partial charge in [-0.2, -0.15) is 15.2 Å². The number of hydrogen-bond acceptors (Lipinski definition) is 6. The minimum absolute atomic E-state index is 0.419. The Kier molecular flexibility index (Phi) is 4.83. The van der Waals surface area contributed by atoms with E-state index >= 15 is 0 Å². The number of ether oxygens (including phenoxy) is 1. The minimum atomic E-state index is 0.419. The Morgan fingerprint density at radius 2 is 1.84 bits per heavy atom. The Morgan fingerprint density at radius 1 is 1.04 bits per heavy atom. The Hall–Kier alpha value is -3.09. The van der Waals surface area contributed by atoms with Gasteiger partial charge in [-0.3, -0.25) is 0 Å². The van der Waals surface area contributed by atoms with E-state index in [4.69, 9.17) is 4.74 Å². The zero-order chi connectivity index (χ0) is 17.8. The Morgan fingerprint density at radius 3 is 2.56 bits per heavy atom. The van der Waals surface area contributed by atoms with Gasteiger partial charge >= 0.3 is 0 Å². The predicted octanol–water partition coefficient (Wildman–Crippen LogP) is 3.88. The Balaban J connectivity index is 1.84. The second-order valence-corrected chi connectivity index (χ2v) is 5.72. The second-order valence-electron chi connectivity index (χ2n) is 5.72. The van der Waals surface area contributed by atoms with Crippen molar-refractivity contribution in [3.8, 4) is 11.7 Å². The molecule has 7 nitrogen and oxygen atoms in total. The van der Waals surface area contributed by atoms with Gasteiger partial charge in [0.2, 0.25) is 0 Å². The first-order chi connectivity index (χ1) is 12.1. The summed E-state index contributed by atoms with van der Waals surface area (Å²) in [7, 11) is 1.64. The average molecular weight is 336 g/mol. The molecule has 0 N–H and O–H groups in total. The summed E-state index contributed by atoms with van der Waals surface area (Å²) in [6.07, 6.45) is 0. The number of aryl methyl sites for hydroxylation is 3. The van der Waals surface area contributed by atoms with E-state index in [0.29, 0.717) is 18.3 Å². The van der Waals surface area contributed by atoms with Crippen LogP contribution >= 0.6 is 0 Å². The monoisotopic (exact) mass is 336 g/mol. The van der Waals surface area contributed by atoms with Crippen molar-refractivity contribution < 1.29 is 4.74 Å². The molecule has 3 rings (SSSR count). The summed E-state index contributed by atoms with van der Waals surface area (Å²) in [6.45, 7) is 6.22. The summed E-state index contributed by atoms with van der Waals surface area (Å²) >= 11 is 0. The van der Waals surface area contributed by atoms with Crippen LogP contribution in [0.5, 0.6) is 5.75 Å². The highest BCUT2D eigenvalue weighted by Gasteiger charge is 2.09. The van der Waals surface area contributed by atoms with E-state index < -0.39 is 0 Å². The van der Waals surface area contributed by atoms with E-state index in [0.717, 1.165) is 28.4 Å². The molecule has 25 heavy (non-hydrogen) atoms. The molecule has 2 aromatic heterocycles. The lowest BCUT2D eigenvalue weighted by Gasteiger charge is -2.05. The van der Waals surface area contributed by atoms with Crippen LogP contribution in [0, 0.1) is 20.8 Å². The third-order valence-corrected chi connectivity index (χ3v) is 3.63. The molecule has 0 spiro atoms. The fourth-order valence-electron chi connectivity index (χ4n) is 2.53. The smallest absolute Gasteiger partial charge is 0.253 e. The molecular weight excluding hydrogens is 316 g/mol. The van der Waals surface area contributed by atoms with Crippen LogP contribution in [-0.2, 0) is 6.54 Å². The molecule has 0 radical (unpaired) electrons. The number of aromatic nitrogens is 4. The van der Waals surface area contributed by atoms with Gasteiger partial charge in [-0.25, -0.2) is 9.67 Å². The number of rotatable bonds is 5. The molecule has 128 valence electrons. The lowest BCUT2D eigenvalue weighted by molar-refractivity contribution is 0.409. The number of methoxy groups -OCH3 is 1. The maximum absolute atomic E-state index is 5.32. The van der Waals surface area contributed by atoms with Crippen LogP contribution in [0.2, 0.25) is 0 Å². The standard InChI is InChI=1S/C18H20N6O/c1-12-10-17(21-18(20-12)24-14(3)9-13(2)23-24)22-19-11-15-7-5-6-8-16(15)25-4/h5-10H,11H2,1-4H3. The van der Waals surface area contributed by atoms with Crippen molar-refractivity contribution in [3.05, 3.63) is 59.0 Å². The molecule has 0 aliphatic rings. The van der Waals surface area contributed by atoms with Crippen molar-refractivity contribution in [3.63, 3.8) is 0 Å². The molecule has 0 bridgehead atoms. The molecule has 7 heteroatoms. The number of benzene rings is 1. The Labute approximate surface area is 146 Å². The molecule has 0 aliphatic carbocycles. The highest BCUT2D eigenvalue weighted by Crippen LogP contribution is 2.20. The zero-order valence-corrected chi connectivity index (χ0v) is 14.8. The van der Waals surface area contributed by atoms with Gasteiger partial charge < -0.3 is 4.74 Å². The Bertz CT molecular complexity index is 916. The molecule has 0 amide bonds. The first-order valence-corrected chi connectivity index (χ1v) is 7.95. The molecule has 0 fully saturated rings. The summed E-state index contributed by atoms with van der Waals surface area (Å²) in [6, 6.07) is 11.5. The molecule has 0 aliphatic heterocycles. The van der Waals surface area contributed by atoms with Crippen LogP contribution in [0.1, 0.15) is 22.6 Å². The number of nitrogens with zero attached hydrogens (tertiary/aromatic N) is 6. The predicted molar refractivity (Wildman–Crippen MR) is 94.6 cm³/mol. The SMILES string of the molecule is COc1ccccc1CN=Nc1cc(C)nc(-n2nc(C)cc2C)n1. The van der Waals surface area contributed by atoms with Crippen molar-refractivity contribution in [2.24, 2.45) is 10.2 Å². The first-order valence-electron chi connectivity index (χ1n) is 7.95. The molecule has 0 atom stereocenters. The van der Waals surface area contributed by atoms with Gasteiger partial charge in [0.05, 0.1) is 19.3 Å². The lowest BCUT2D eigenvalue weighted by Crippen LogP contribution is -2.05. The van der Waals surface area contributed by atoms with Crippen molar-refractivity contribution in [2.75, 3.05) is 7.11 Å². The second kappa shape index (κ2) is 7.21. The van der Waals surface area contributed by atoms with E-state index in [1.807, 2.05) is 51.1 Å². The van der Waals surface area contributed by atoms with Crippen LogP contribution < -0.4 is 4.74 Å². The van der Waals surface area contributed by atoms with Gasteiger partial charge in [0.25, 0.3) is 5.95 Å². The fourth-order valence-corrected chi connectivity index (χ4v) is 2.53. The topological polar surface area (TPSA) is 77.5 Å². The zero-order valence-electron chi connectivity index (χ0n) is 14.8. The molecule has 0 saturated carbocycles. The van der Waals surface area contributed by atoms with Crippen LogP contribution in [0.4, 0.5) is 5.82 Å². The van der Waals surface area contributed by atoms with Gasteiger partial charge in [0.1, 0.15) is 5.75 Å². The van der Waals surface area contributed by atoms with Crippen molar-refractivity contribution >= 4 is 5.82 Å². The quantitative estimate of drug-likeness (QED) is 0.662. The van der Waals surface area contributed by atoms with Gasteiger partial charge in [0, 0.05) is 23.0 Å². The summed E-state index contributed by atoms with van der Waals surface area (Å²) < 4.78 is 7.03. The third-order valence-electron chi connectivity index (χ3n) is 3.63. The maximum atomic E-state index is 5.32. The fraction of sp³-hybridized carbons (Fsp3) is 0.278. The van der Waals surface area contributed by atoms with Crippen LogP contribution in [0.25, 0.3) is 5.95 Å². The summed E-state index contributed by atoms with van der Waals surface area (Å²) in [5.41, 5.74) is 3.67. The van der Waals surface area contributed by atoms with Gasteiger partial charge in [-0.05, 0) is 32.9 Å². The summed E-state index contributed by atoms with van der Waals surface area (Å²) in [4.78, 5) is 8.89. The van der Waals surface area contributed by atoms with Gasteiger partial charge in [0.15, 0.2) is 5.82 Å². The molecule has 1 aromatic carbocycles. The first kappa shape index (κ1) is 16.8. The summed E-state index contributed by atoms with van der Waals surface area (Å²) in [5.74, 6) is 1.80. The lowest BCUT2D eigenvalue weighted by atomic mass is 10.2. The number of hydrogen-bond donors (Lipinski definition) is 0. The van der Waals surface area contributed by atoms with Crippen LogP contribution in [-0.4, -0.2) is 26.9 Å². The van der Waals surface area contributed by atoms with Crippen molar-refractivity contribution in [1.29, 1.82) is 0 Å². The molecular formula is C18H20N6O. The third kappa shape index (κ3) is 3.88. The minimum Gasteiger partial charge on any atom is -0.496 e. The number of azo groups is 1. The van der Waals surface area contributed by atoms with E-state index in [1.54, 1.807) is 17.9 Å². The maximum Gasteiger partial charge on any atom is 0.253 e. The van der Waals surface area contributed by atoms with Crippen LogP contribution in [0.15, 0.2) is 46.6 Å². The number of para-hydroxylation sites is 1. The van der Waals surface area contributed by atoms with Gasteiger partial charge in [-0.1, -0.05) is 18.2 Å². The highest BCUT2D eigenvalue weighted by atomic mass is 16.5.